The average Bonchev–Trinajstić information content (AvgIpc) is 3.39. The zero-order valence-corrected chi connectivity index (χ0v) is 20.1. The van der Waals surface area contributed by atoms with Crippen molar-refractivity contribution in [3.05, 3.63) is 41.8 Å². The van der Waals surface area contributed by atoms with Gasteiger partial charge < -0.3 is 20.0 Å². The number of aryl methyl sites for hydroxylation is 1. The topological polar surface area (TPSA) is 65.7 Å². The van der Waals surface area contributed by atoms with E-state index in [-0.39, 0.29) is 24.0 Å². The Kier molecular flexibility index (Phi) is 9.93. The van der Waals surface area contributed by atoms with Crippen molar-refractivity contribution in [2.75, 3.05) is 26.7 Å². The monoisotopic (exact) mass is 511 g/mol. The molecule has 29 heavy (non-hydrogen) atoms. The van der Waals surface area contributed by atoms with Crippen LogP contribution in [0, 0.1) is 6.92 Å². The highest BCUT2D eigenvalue weighted by molar-refractivity contribution is 14.0. The van der Waals surface area contributed by atoms with Gasteiger partial charge in [0.05, 0.1) is 6.54 Å². The minimum atomic E-state index is 0. The SMILES string of the molecule is CCNC(=NCc1coc(-c2ccc(C)cc2)n1)NCCN(C)C1CCCC1.I. The predicted molar refractivity (Wildman–Crippen MR) is 130 cm³/mol. The van der Waals surface area contributed by atoms with Gasteiger partial charge in [-0.1, -0.05) is 30.5 Å². The van der Waals surface area contributed by atoms with Gasteiger partial charge in [-0.25, -0.2) is 9.98 Å². The van der Waals surface area contributed by atoms with Gasteiger partial charge in [0.2, 0.25) is 5.89 Å². The Morgan fingerprint density at radius 2 is 1.93 bits per heavy atom. The van der Waals surface area contributed by atoms with Gasteiger partial charge in [-0.3, -0.25) is 0 Å². The van der Waals surface area contributed by atoms with Crippen LogP contribution in [0.25, 0.3) is 11.5 Å². The summed E-state index contributed by atoms with van der Waals surface area (Å²) >= 11 is 0. The summed E-state index contributed by atoms with van der Waals surface area (Å²) < 4.78 is 5.62. The van der Waals surface area contributed by atoms with Crippen LogP contribution in [0.4, 0.5) is 0 Å². The fraction of sp³-hybridized carbons (Fsp3) is 0.545. The summed E-state index contributed by atoms with van der Waals surface area (Å²) in [5.74, 6) is 1.46. The van der Waals surface area contributed by atoms with Gasteiger partial charge in [0.25, 0.3) is 0 Å². The third kappa shape index (κ3) is 7.29. The summed E-state index contributed by atoms with van der Waals surface area (Å²) in [6.07, 6.45) is 7.10. The number of hydrogen-bond acceptors (Lipinski definition) is 4. The van der Waals surface area contributed by atoms with Crippen molar-refractivity contribution < 1.29 is 4.42 Å². The van der Waals surface area contributed by atoms with Crippen LogP contribution in [-0.2, 0) is 6.54 Å². The Labute approximate surface area is 191 Å². The highest BCUT2D eigenvalue weighted by Gasteiger charge is 2.18. The van der Waals surface area contributed by atoms with E-state index in [4.69, 9.17) is 4.42 Å². The molecule has 0 radical (unpaired) electrons. The number of likely N-dealkylation sites (N-methyl/N-ethyl adjacent to an activating group) is 1. The molecule has 0 amide bonds. The number of halogens is 1. The number of hydrogen-bond donors (Lipinski definition) is 2. The Balaban J connectivity index is 0.00000300. The van der Waals surface area contributed by atoms with Crippen LogP contribution in [0.2, 0.25) is 0 Å². The summed E-state index contributed by atoms with van der Waals surface area (Å²) in [4.78, 5) is 11.7. The summed E-state index contributed by atoms with van der Waals surface area (Å²) in [6.45, 7) is 7.37. The lowest BCUT2D eigenvalue weighted by Crippen LogP contribution is -2.42. The summed E-state index contributed by atoms with van der Waals surface area (Å²) in [6, 6.07) is 8.93. The van der Waals surface area contributed by atoms with E-state index >= 15 is 0 Å². The molecule has 0 aliphatic heterocycles. The predicted octanol–water partition coefficient (Wildman–Crippen LogP) is 4.20. The lowest BCUT2D eigenvalue weighted by molar-refractivity contribution is 0.249. The van der Waals surface area contributed by atoms with Crippen LogP contribution in [0.15, 0.2) is 39.9 Å². The molecule has 6 nitrogen and oxygen atoms in total. The maximum atomic E-state index is 5.62. The van der Waals surface area contributed by atoms with Gasteiger partial charge in [-0.05, 0) is 45.9 Å². The van der Waals surface area contributed by atoms with Crippen molar-refractivity contribution >= 4 is 29.9 Å². The van der Waals surface area contributed by atoms with E-state index < -0.39 is 0 Å². The van der Waals surface area contributed by atoms with Crippen LogP contribution in [0.3, 0.4) is 0 Å². The largest absolute Gasteiger partial charge is 0.444 e. The molecule has 1 aromatic carbocycles. The standard InChI is InChI=1S/C22H33N5O.HI/c1-4-23-22(24-13-14-27(3)20-7-5-6-8-20)25-15-19-16-28-21(26-19)18-11-9-17(2)10-12-18;/h9-12,16,20H,4-8,13-15H2,1-3H3,(H2,23,24,25);1H. The molecule has 0 saturated heterocycles. The maximum absolute atomic E-state index is 5.62. The first-order valence-electron chi connectivity index (χ1n) is 10.4. The molecule has 1 heterocycles. The number of guanidine groups is 1. The van der Waals surface area contributed by atoms with Crippen molar-refractivity contribution in [2.45, 2.75) is 52.1 Å². The van der Waals surface area contributed by atoms with E-state index in [0.717, 1.165) is 42.9 Å². The fourth-order valence-electron chi connectivity index (χ4n) is 3.59. The van der Waals surface area contributed by atoms with Crippen molar-refractivity contribution in [1.29, 1.82) is 0 Å². The van der Waals surface area contributed by atoms with Crippen molar-refractivity contribution in [3.63, 3.8) is 0 Å². The molecule has 2 aromatic rings. The van der Waals surface area contributed by atoms with Crippen molar-refractivity contribution in [1.82, 2.24) is 20.5 Å². The van der Waals surface area contributed by atoms with E-state index in [0.29, 0.717) is 12.4 Å². The number of nitrogens with one attached hydrogen (secondary N) is 2. The molecule has 1 aromatic heterocycles. The molecular formula is C22H34IN5O. The van der Waals surface area contributed by atoms with Crippen LogP contribution >= 0.6 is 24.0 Å². The van der Waals surface area contributed by atoms with Crippen molar-refractivity contribution in [2.24, 2.45) is 4.99 Å². The normalized spacial score (nSPS) is 14.8. The molecule has 1 aliphatic rings. The molecule has 7 heteroatoms. The zero-order chi connectivity index (χ0) is 19.8. The quantitative estimate of drug-likeness (QED) is 0.316. The summed E-state index contributed by atoms with van der Waals surface area (Å²) in [7, 11) is 2.23. The Morgan fingerprint density at radius 3 is 2.62 bits per heavy atom. The van der Waals surface area contributed by atoms with E-state index in [1.807, 2.05) is 12.1 Å². The molecule has 1 saturated carbocycles. The number of rotatable bonds is 8. The first-order chi connectivity index (χ1) is 13.7. The fourth-order valence-corrected chi connectivity index (χ4v) is 3.59. The summed E-state index contributed by atoms with van der Waals surface area (Å²) in [5, 5.41) is 6.73. The number of benzene rings is 1. The lowest BCUT2D eigenvalue weighted by Gasteiger charge is -2.24. The average molecular weight is 511 g/mol. The van der Waals surface area contributed by atoms with Crippen LogP contribution in [-0.4, -0.2) is 48.6 Å². The highest BCUT2D eigenvalue weighted by atomic mass is 127. The van der Waals surface area contributed by atoms with Gasteiger partial charge >= 0.3 is 0 Å². The van der Waals surface area contributed by atoms with Gasteiger partial charge in [0.15, 0.2) is 5.96 Å². The minimum Gasteiger partial charge on any atom is -0.444 e. The Hall–Kier alpha value is -1.61. The van der Waals surface area contributed by atoms with E-state index in [1.54, 1.807) is 6.26 Å². The van der Waals surface area contributed by atoms with Crippen molar-refractivity contribution in [3.8, 4) is 11.5 Å². The smallest absolute Gasteiger partial charge is 0.226 e. The van der Waals surface area contributed by atoms with Crippen LogP contribution < -0.4 is 10.6 Å². The van der Waals surface area contributed by atoms with Gasteiger partial charge in [-0.2, -0.15) is 0 Å². The van der Waals surface area contributed by atoms with E-state index in [2.05, 4.69) is 58.5 Å². The van der Waals surface area contributed by atoms with Gasteiger partial charge in [0.1, 0.15) is 12.0 Å². The molecular weight excluding hydrogens is 477 g/mol. The Bertz CT molecular complexity index is 753. The van der Waals surface area contributed by atoms with Gasteiger partial charge in [-0.15, -0.1) is 24.0 Å². The first-order valence-corrected chi connectivity index (χ1v) is 10.4. The highest BCUT2D eigenvalue weighted by Crippen LogP contribution is 2.22. The van der Waals surface area contributed by atoms with E-state index in [9.17, 15) is 0 Å². The molecule has 0 bridgehead atoms. The summed E-state index contributed by atoms with van der Waals surface area (Å²) in [5.41, 5.74) is 3.04. The second kappa shape index (κ2) is 12.2. The molecule has 1 aliphatic carbocycles. The second-order valence-electron chi connectivity index (χ2n) is 7.55. The second-order valence-corrected chi connectivity index (χ2v) is 7.55. The van der Waals surface area contributed by atoms with Crippen LogP contribution in [0.1, 0.15) is 43.9 Å². The lowest BCUT2D eigenvalue weighted by atomic mass is 10.1. The number of nitrogens with zero attached hydrogens (tertiary/aromatic N) is 3. The Morgan fingerprint density at radius 1 is 1.21 bits per heavy atom. The third-order valence-corrected chi connectivity index (χ3v) is 5.30. The molecule has 1 fully saturated rings. The molecule has 0 unspecified atom stereocenters. The first kappa shape index (κ1) is 23.7. The molecule has 0 spiro atoms. The number of aliphatic imine (C=N–C) groups is 1. The van der Waals surface area contributed by atoms with E-state index in [1.165, 1.54) is 31.2 Å². The van der Waals surface area contributed by atoms with Crippen LogP contribution in [0.5, 0.6) is 0 Å². The molecule has 2 N–H and O–H groups in total. The maximum Gasteiger partial charge on any atom is 0.226 e. The minimum absolute atomic E-state index is 0. The number of aromatic nitrogens is 1. The number of oxazole rings is 1. The molecule has 0 atom stereocenters. The van der Waals surface area contributed by atoms with Gasteiger partial charge in [0, 0.05) is 31.2 Å². The molecule has 160 valence electrons. The zero-order valence-electron chi connectivity index (χ0n) is 17.8. The third-order valence-electron chi connectivity index (χ3n) is 5.30. The molecule has 3 rings (SSSR count).